The van der Waals surface area contributed by atoms with E-state index in [2.05, 4.69) is 26.4 Å². The lowest BCUT2D eigenvalue weighted by molar-refractivity contribution is 0.0914. The number of nitrogens with one attached hydrogen (secondary N) is 1. The molecule has 1 aromatic heterocycles. The molecule has 1 heterocycles. The molecule has 0 saturated heterocycles. The first-order valence-corrected chi connectivity index (χ1v) is 6.01. The van der Waals surface area contributed by atoms with Gasteiger partial charge in [0.25, 0.3) is 5.91 Å². The number of carbonyl (C=O) groups excluding carboxylic acids is 1. The van der Waals surface area contributed by atoms with Crippen molar-refractivity contribution in [3.8, 4) is 0 Å². The van der Waals surface area contributed by atoms with E-state index < -0.39 is 0 Å². The summed E-state index contributed by atoms with van der Waals surface area (Å²) in [5.74, 6) is -0.596. The maximum Gasteiger partial charge on any atom is 0.290 e. The quantitative estimate of drug-likeness (QED) is 0.948. The summed E-state index contributed by atoms with van der Waals surface area (Å²) in [6.45, 7) is 1.95. The highest BCUT2D eigenvalue weighted by Gasteiger charge is 2.11. The fourth-order valence-electron chi connectivity index (χ4n) is 1.39. The Morgan fingerprint density at radius 1 is 1.50 bits per heavy atom. The van der Waals surface area contributed by atoms with E-state index in [4.69, 9.17) is 4.52 Å². The van der Waals surface area contributed by atoms with E-state index in [-0.39, 0.29) is 24.0 Å². The highest BCUT2D eigenvalue weighted by atomic mass is 79.9. The molecule has 2 aromatic rings. The molecule has 94 valence electrons. The average molecular weight is 313 g/mol. The minimum absolute atomic E-state index is 0.144. The molecule has 0 aliphatic heterocycles. The Balaban J connectivity index is 1.99. The van der Waals surface area contributed by atoms with Gasteiger partial charge in [-0.3, -0.25) is 4.79 Å². The molecule has 4 nitrogen and oxygen atoms in total. The van der Waals surface area contributed by atoms with Crippen molar-refractivity contribution in [3.63, 3.8) is 0 Å². The third kappa shape index (κ3) is 2.95. The van der Waals surface area contributed by atoms with Gasteiger partial charge in [0, 0.05) is 12.6 Å². The summed E-state index contributed by atoms with van der Waals surface area (Å²) < 4.78 is 18.4. The third-order valence-electron chi connectivity index (χ3n) is 2.29. The van der Waals surface area contributed by atoms with Crippen molar-refractivity contribution in [1.29, 1.82) is 0 Å². The van der Waals surface area contributed by atoms with Gasteiger partial charge in [-0.05, 0) is 40.5 Å². The van der Waals surface area contributed by atoms with Gasteiger partial charge in [0.2, 0.25) is 5.76 Å². The van der Waals surface area contributed by atoms with Crippen LogP contribution < -0.4 is 5.32 Å². The number of rotatable bonds is 3. The molecule has 0 atom stereocenters. The number of aryl methyl sites for hydroxylation is 1. The van der Waals surface area contributed by atoms with Gasteiger partial charge in [-0.15, -0.1) is 0 Å². The number of hydrogen-bond donors (Lipinski definition) is 1. The smallest absolute Gasteiger partial charge is 0.290 e. The summed E-state index contributed by atoms with van der Waals surface area (Å²) in [7, 11) is 0. The number of halogens is 2. The minimum Gasteiger partial charge on any atom is -0.351 e. The van der Waals surface area contributed by atoms with E-state index in [9.17, 15) is 9.18 Å². The molecule has 0 aliphatic carbocycles. The van der Waals surface area contributed by atoms with E-state index in [1.165, 1.54) is 12.1 Å². The second-order valence-electron chi connectivity index (χ2n) is 3.76. The highest BCUT2D eigenvalue weighted by Crippen LogP contribution is 2.16. The van der Waals surface area contributed by atoms with Gasteiger partial charge in [-0.2, -0.15) is 0 Å². The average Bonchev–Trinajstić information content (AvgIpc) is 2.77. The Hall–Kier alpha value is -1.69. The summed E-state index contributed by atoms with van der Waals surface area (Å²) in [5, 5.41) is 6.24. The fraction of sp³-hybridized carbons (Fsp3) is 0.167. The molecule has 0 fully saturated rings. The fourth-order valence-corrected chi connectivity index (χ4v) is 1.64. The van der Waals surface area contributed by atoms with Gasteiger partial charge in [-0.1, -0.05) is 11.2 Å². The molecule has 0 radical (unpaired) electrons. The molecule has 1 aromatic carbocycles. The van der Waals surface area contributed by atoms with Crippen LogP contribution in [-0.4, -0.2) is 11.1 Å². The van der Waals surface area contributed by atoms with Crippen LogP contribution in [0, 0.1) is 12.7 Å². The van der Waals surface area contributed by atoms with Crippen LogP contribution in [-0.2, 0) is 6.54 Å². The topological polar surface area (TPSA) is 55.1 Å². The summed E-state index contributed by atoms with van der Waals surface area (Å²) in [6.07, 6.45) is 0. The Morgan fingerprint density at radius 3 is 2.89 bits per heavy atom. The highest BCUT2D eigenvalue weighted by molar-refractivity contribution is 9.10. The van der Waals surface area contributed by atoms with E-state index in [0.717, 1.165) is 0 Å². The molecule has 6 heteroatoms. The third-order valence-corrected chi connectivity index (χ3v) is 2.93. The van der Waals surface area contributed by atoms with Gasteiger partial charge in [-0.25, -0.2) is 4.39 Å². The summed E-state index contributed by atoms with van der Waals surface area (Å²) in [5.41, 5.74) is 1.30. The first kappa shape index (κ1) is 12.8. The zero-order valence-corrected chi connectivity index (χ0v) is 11.1. The largest absolute Gasteiger partial charge is 0.351 e. The molecule has 18 heavy (non-hydrogen) atoms. The number of benzene rings is 1. The van der Waals surface area contributed by atoms with Gasteiger partial charge in [0.05, 0.1) is 10.2 Å². The van der Waals surface area contributed by atoms with Crippen LogP contribution in [0.1, 0.15) is 21.8 Å². The maximum absolute atomic E-state index is 13.2. The monoisotopic (exact) mass is 312 g/mol. The normalized spacial score (nSPS) is 10.4. The molecule has 0 saturated carbocycles. The van der Waals surface area contributed by atoms with Crippen LogP contribution in [0.25, 0.3) is 0 Å². The maximum atomic E-state index is 13.2. The number of carbonyl (C=O) groups is 1. The summed E-state index contributed by atoms with van der Waals surface area (Å²) >= 11 is 3.06. The Bertz CT molecular complexity index is 583. The van der Waals surface area contributed by atoms with Crippen LogP contribution in [0.2, 0.25) is 0 Å². The molecule has 2 rings (SSSR count). The van der Waals surface area contributed by atoms with Crippen molar-refractivity contribution >= 4 is 21.8 Å². The van der Waals surface area contributed by atoms with Crippen LogP contribution >= 0.6 is 15.9 Å². The van der Waals surface area contributed by atoms with Crippen molar-refractivity contribution in [1.82, 2.24) is 10.5 Å². The van der Waals surface area contributed by atoms with Crippen molar-refractivity contribution in [2.24, 2.45) is 0 Å². The van der Waals surface area contributed by atoms with Crippen LogP contribution in [0.4, 0.5) is 4.39 Å². The van der Waals surface area contributed by atoms with Crippen molar-refractivity contribution < 1.29 is 13.7 Å². The predicted molar refractivity (Wildman–Crippen MR) is 66.5 cm³/mol. The Labute approximate surface area is 111 Å². The van der Waals surface area contributed by atoms with Crippen molar-refractivity contribution in [3.05, 3.63) is 51.6 Å². The Kier molecular flexibility index (Phi) is 3.76. The lowest BCUT2D eigenvalue weighted by atomic mass is 10.2. The van der Waals surface area contributed by atoms with Crippen molar-refractivity contribution in [2.75, 3.05) is 0 Å². The van der Waals surface area contributed by atoms with Crippen LogP contribution in [0.15, 0.2) is 33.3 Å². The molecule has 0 spiro atoms. The molecular formula is C12H10BrFN2O2. The lowest BCUT2D eigenvalue weighted by Gasteiger charge is -2.03. The number of nitrogens with zero attached hydrogens (tertiary/aromatic N) is 1. The van der Waals surface area contributed by atoms with Gasteiger partial charge < -0.3 is 9.84 Å². The summed E-state index contributed by atoms with van der Waals surface area (Å²) in [4.78, 5) is 11.6. The first-order valence-electron chi connectivity index (χ1n) is 5.21. The lowest BCUT2D eigenvalue weighted by Crippen LogP contribution is -2.22. The molecule has 0 unspecified atom stereocenters. The Morgan fingerprint density at radius 2 is 2.28 bits per heavy atom. The first-order chi connectivity index (χ1) is 8.56. The zero-order chi connectivity index (χ0) is 13.1. The molecule has 0 aliphatic rings. The van der Waals surface area contributed by atoms with E-state index in [0.29, 0.717) is 15.7 Å². The molecule has 1 amide bonds. The minimum atomic E-state index is -0.376. The SMILES string of the molecule is Cc1cc(C(=O)NCc2ccc(Br)c(F)c2)on1. The van der Waals surface area contributed by atoms with Gasteiger partial charge in [0.15, 0.2) is 0 Å². The number of amides is 1. The molecule has 1 N–H and O–H groups in total. The zero-order valence-electron chi connectivity index (χ0n) is 9.54. The van der Waals surface area contributed by atoms with Gasteiger partial charge >= 0.3 is 0 Å². The second kappa shape index (κ2) is 5.30. The van der Waals surface area contributed by atoms with E-state index >= 15 is 0 Å². The van der Waals surface area contributed by atoms with Crippen LogP contribution in [0.3, 0.4) is 0 Å². The standard InChI is InChI=1S/C12H10BrFN2O2/c1-7-4-11(18-16-7)12(17)15-6-8-2-3-9(13)10(14)5-8/h2-5H,6H2,1H3,(H,15,17). The van der Waals surface area contributed by atoms with E-state index in [1.807, 2.05) is 0 Å². The van der Waals surface area contributed by atoms with E-state index in [1.54, 1.807) is 19.1 Å². The molecular weight excluding hydrogens is 303 g/mol. The molecule has 0 bridgehead atoms. The summed E-state index contributed by atoms with van der Waals surface area (Å²) in [6, 6.07) is 6.21. The van der Waals surface area contributed by atoms with Crippen LogP contribution in [0.5, 0.6) is 0 Å². The predicted octanol–water partition coefficient (Wildman–Crippen LogP) is 2.81. The number of hydrogen-bond acceptors (Lipinski definition) is 3. The van der Waals surface area contributed by atoms with Crippen molar-refractivity contribution in [2.45, 2.75) is 13.5 Å². The number of aromatic nitrogens is 1. The second-order valence-corrected chi connectivity index (χ2v) is 4.62. The van der Waals surface area contributed by atoms with Gasteiger partial charge in [0.1, 0.15) is 5.82 Å².